The van der Waals surface area contributed by atoms with Gasteiger partial charge in [-0.15, -0.1) is 0 Å². The summed E-state index contributed by atoms with van der Waals surface area (Å²) in [6, 6.07) is 14.1. The first-order valence-corrected chi connectivity index (χ1v) is 14.1. The minimum absolute atomic E-state index is 0.106. The molecule has 1 unspecified atom stereocenters. The molecule has 0 aromatic heterocycles. The molecule has 2 aromatic carbocycles. The Morgan fingerprint density at radius 1 is 1.15 bits per heavy atom. The molecule has 1 aliphatic heterocycles. The van der Waals surface area contributed by atoms with Gasteiger partial charge < -0.3 is 20.9 Å². The average molecular weight is 576 g/mol. The van der Waals surface area contributed by atoms with Gasteiger partial charge in [0.25, 0.3) is 0 Å². The van der Waals surface area contributed by atoms with Crippen LogP contribution in [0.3, 0.4) is 0 Å². The van der Waals surface area contributed by atoms with Gasteiger partial charge in [0.15, 0.2) is 5.78 Å². The molecule has 2 aromatic rings. The van der Waals surface area contributed by atoms with Crippen molar-refractivity contribution in [2.45, 2.75) is 65.0 Å². The molecule has 2 aliphatic carbocycles. The molecule has 41 heavy (non-hydrogen) atoms. The fraction of sp³-hybridized carbons (Fsp3) is 0.344. The van der Waals surface area contributed by atoms with Gasteiger partial charge in [-0.05, 0) is 41.5 Å². The lowest BCUT2D eigenvalue weighted by molar-refractivity contribution is -0.133. The third-order valence-corrected chi connectivity index (χ3v) is 7.95. The summed E-state index contributed by atoms with van der Waals surface area (Å²) < 4.78 is 5.97. The van der Waals surface area contributed by atoms with Crippen LogP contribution in [-0.2, 0) is 21.0 Å². The van der Waals surface area contributed by atoms with E-state index < -0.39 is 17.9 Å². The lowest BCUT2D eigenvalue weighted by Gasteiger charge is -2.37. The van der Waals surface area contributed by atoms with E-state index in [0.717, 1.165) is 5.56 Å². The Kier molecular flexibility index (Phi) is 7.95. The third-order valence-electron chi connectivity index (χ3n) is 7.62. The van der Waals surface area contributed by atoms with Crippen LogP contribution in [0.5, 0.6) is 5.75 Å². The largest absolute Gasteiger partial charge is 0.510 e. The minimum atomic E-state index is -0.883. The normalized spacial score (nSPS) is 20.0. The van der Waals surface area contributed by atoms with Crippen molar-refractivity contribution in [1.29, 1.82) is 0 Å². The van der Waals surface area contributed by atoms with Crippen molar-refractivity contribution in [1.82, 2.24) is 10.2 Å². The van der Waals surface area contributed by atoms with Gasteiger partial charge in [-0.3, -0.25) is 19.3 Å². The van der Waals surface area contributed by atoms with Crippen LogP contribution in [0.25, 0.3) is 0 Å². The number of nitrogens with two attached hydrogens (primary N) is 1. The van der Waals surface area contributed by atoms with Crippen molar-refractivity contribution in [2.24, 2.45) is 11.1 Å². The van der Waals surface area contributed by atoms with Gasteiger partial charge in [0.1, 0.15) is 23.8 Å². The number of ether oxygens (including phenoxy) is 1. The van der Waals surface area contributed by atoms with Crippen LogP contribution < -0.4 is 15.8 Å². The number of amides is 2. The monoisotopic (exact) mass is 575 g/mol. The Hall–Kier alpha value is -4.04. The first-order chi connectivity index (χ1) is 19.5. The number of allylic oxidation sites excluding steroid dienone is 3. The standard InChI is InChI=1S/C32H34ClN3O5/c1-32(2)16-23-29(26(38)17-32)31(21-12-11-20(15-22(21)33)41-18-19-7-4-3-5-8-19)36(28(40)14-13-27(34)39)24-9-6-10-25(37)30(24)35-23/h3-5,7-9,11-12,15,31,35,37H,6,10,13-14,16-18H2,1-2H3,(H2,34,39). The van der Waals surface area contributed by atoms with Crippen LogP contribution in [0.4, 0.5) is 0 Å². The van der Waals surface area contributed by atoms with Crippen LogP contribution in [0, 0.1) is 5.41 Å². The number of carbonyl (C=O) groups excluding carboxylic acids is 3. The Morgan fingerprint density at radius 2 is 1.90 bits per heavy atom. The van der Waals surface area contributed by atoms with Crippen molar-refractivity contribution in [3.8, 4) is 5.75 Å². The van der Waals surface area contributed by atoms with E-state index in [0.29, 0.717) is 64.9 Å². The van der Waals surface area contributed by atoms with Crippen LogP contribution >= 0.6 is 11.6 Å². The maximum absolute atomic E-state index is 13.9. The molecule has 0 saturated heterocycles. The zero-order valence-corrected chi connectivity index (χ0v) is 24.0. The number of primary amides is 1. The number of Topliss-reactive ketones (excluding diaryl/α,β-unsaturated/α-hetero) is 1. The Bertz CT molecular complexity index is 1490. The number of hydrogen-bond acceptors (Lipinski definition) is 6. The number of fused-ring (bicyclic) bond motifs is 1. The second-order valence-electron chi connectivity index (χ2n) is 11.5. The molecular weight excluding hydrogens is 542 g/mol. The molecule has 9 heteroatoms. The summed E-state index contributed by atoms with van der Waals surface area (Å²) in [6.07, 6.45) is 3.28. The number of hydrogen-bond donors (Lipinski definition) is 3. The second kappa shape index (κ2) is 11.4. The summed E-state index contributed by atoms with van der Waals surface area (Å²) in [5, 5.41) is 14.6. The lowest BCUT2D eigenvalue weighted by Crippen LogP contribution is -2.39. The fourth-order valence-corrected chi connectivity index (χ4v) is 6.02. The molecule has 1 atom stereocenters. The molecule has 214 valence electrons. The molecule has 0 spiro atoms. The van der Waals surface area contributed by atoms with Crippen LogP contribution in [0.15, 0.2) is 83.0 Å². The van der Waals surface area contributed by atoms with Crippen LogP contribution in [0.1, 0.15) is 69.5 Å². The van der Waals surface area contributed by atoms with E-state index in [2.05, 4.69) is 5.32 Å². The summed E-state index contributed by atoms with van der Waals surface area (Å²) in [6.45, 7) is 4.39. The first-order valence-electron chi connectivity index (χ1n) is 13.8. The maximum atomic E-state index is 13.9. The number of aliphatic hydroxyl groups excluding tert-OH is 1. The summed E-state index contributed by atoms with van der Waals surface area (Å²) in [7, 11) is 0. The van der Waals surface area contributed by atoms with Gasteiger partial charge in [-0.2, -0.15) is 0 Å². The van der Waals surface area contributed by atoms with E-state index in [1.807, 2.05) is 50.3 Å². The third kappa shape index (κ3) is 6.03. The smallest absolute Gasteiger partial charge is 0.228 e. The predicted molar refractivity (Wildman–Crippen MR) is 155 cm³/mol. The highest BCUT2D eigenvalue weighted by molar-refractivity contribution is 6.31. The van der Waals surface area contributed by atoms with Gasteiger partial charge in [0.05, 0.1) is 11.7 Å². The summed E-state index contributed by atoms with van der Waals surface area (Å²) >= 11 is 6.91. The number of nitrogens with one attached hydrogen (secondary N) is 1. The number of halogens is 1. The minimum Gasteiger partial charge on any atom is -0.510 e. The summed E-state index contributed by atoms with van der Waals surface area (Å²) in [5.74, 6) is -0.467. The van der Waals surface area contributed by atoms with E-state index in [9.17, 15) is 19.5 Å². The van der Waals surface area contributed by atoms with E-state index >= 15 is 0 Å². The van der Waals surface area contributed by atoms with Gasteiger partial charge in [-0.1, -0.05) is 67.9 Å². The molecule has 3 aliphatic rings. The second-order valence-corrected chi connectivity index (χ2v) is 11.9. The van der Waals surface area contributed by atoms with E-state index in [4.69, 9.17) is 22.1 Å². The number of aliphatic hydroxyl groups is 1. The molecule has 0 bridgehead atoms. The number of carbonyl (C=O) groups is 3. The van der Waals surface area contributed by atoms with E-state index in [1.165, 1.54) is 4.90 Å². The fourth-order valence-electron chi connectivity index (χ4n) is 5.74. The quantitative estimate of drug-likeness (QED) is 0.386. The van der Waals surface area contributed by atoms with E-state index in [-0.39, 0.29) is 36.2 Å². The molecule has 0 fully saturated rings. The number of ketones is 1. The Balaban J connectivity index is 1.63. The van der Waals surface area contributed by atoms with Gasteiger partial charge >= 0.3 is 0 Å². The molecule has 8 nitrogen and oxygen atoms in total. The highest BCUT2D eigenvalue weighted by Gasteiger charge is 2.45. The van der Waals surface area contributed by atoms with Gasteiger partial charge in [-0.25, -0.2) is 0 Å². The maximum Gasteiger partial charge on any atom is 0.228 e. The van der Waals surface area contributed by atoms with Crippen molar-refractivity contribution in [3.63, 3.8) is 0 Å². The molecule has 0 radical (unpaired) electrons. The molecular formula is C32H34ClN3O5. The molecule has 0 saturated carbocycles. The number of benzene rings is 2. The van der Waals surface area contributed by atoms with Crippen LogP contribution in [0.2, 0.25) is 5.02 Å². The topological polar surface area (TPSA) is 122 Å². The zero-order valence-electron chi connectivity index (χ0n) is 23.2. The lowest BCUT2D eigenvalue weighted by atomic mass is 9.73. The highest BCUT2D eigenvalue weighted by Crippen LogP contribution is 2.48. The van der Waals surface area contributed by atoms with Crippen molar-refractivity contribution >= 4 is 29.2 Å². The Labute approximate surface area is 244 Å². The SMILES string of the molecule is CC1(C)CC(=O)C2=C(C1)NC1=C(O)CCC=C1N(C(=O)CCC(N)=O)C2c1ccc(OCc2ccccc2)cc1Cl. The molecule has 2 amide bonds. The average Bonchev–Trinajstić information content (AvgIpc) is 3.06. The van der Waals surface area contributed by atoms with Crippen molar-refractivity contribution < 1.29 is 24.2 Å². The zero-order chi connectivity index (χ0) is 29.3. The molecule has 5 rings (SSSR count). The van der Waals surface area contributed by atoms with Crippen LogP contribution in [-0.4, -0.2) is 27.6 Å². The van der Waals surface area contributed by atoms with E-state index in [1.54, 1.807) is 18.2 Å². The molecule has 1 heterocycles. The summed E-state index contributed by atoms with van der Waals surface area (Å²) in [5.41, 5.74) is 8.52. The Morgan fingerprint density at radius 3 is 2.61 bits per heavy atom. The highest BCUT2D eigenvalue weighted by atomic mass is 35.5. The van der Waals surface area contributed by atoms with Crippen molar-refractivity contribution in [2.75, 3.05) is 0 Å². The van der Waals surface area contributed by atoms with Gasteiger partial charge in [0, 0.05) is 42.0 Å². The molecule has 4 N–H and O–H groups in total. The summed E-state index contributed by atoms with van der Waals surface area (Å²) in [4.78, 5) is 40.9. The van der Waals surface area contributed by atoms with Crippen molar-refractivity contribution in [3.05, 3.63) is 99.2 Å². The first kappa shape index (κ1) is 28.5. The number of rotatable bonds is 7. The number of nitrogens with zero attached hydrogens (tertiary/aromatic N) is 1. The van der Waals surface area contributed by atoms with Gasteiger partial charge in [0.2, 0.25) is 11.8 Å². The predicted octanol–water partition coefficient (Wildman–Crippen LogP) is 5.75.